The molecule has 0 unspecified atom stereocenters. The number of hydrogen-bond acceptors (Lipinski definition) is 6. The van der Waals surface area contributed by atoms with Crippen LogP contribution >= 0.6 is 11.8 Å². The molecule has 0 aliphatic carbocycles. The van der Waals surface area contributed by atoms with Gasteiger partial charge in [0.1, 0.15) is 11.6 Å². The Morgan fingerprint density at radius 2 is 1.61 bits per heavy atom. The van der Waals surface area contributed by atoms with Crippen molar-refractivity contribution in [2.45, 2.75) is 5.16 Å². The van der Waals surface area contributed by atoms with E-state index in [9.17, 15) is 18.4 Å². The van der Waals surface area contributed by atoms with Gasteiger partial charge in [-0.25, -0.2) is 8.78 Å². The van der Waals surface area contributed by atoms with Crippen LogP contribution in [-0.4, -0.2) is 38.9 Å². The normalized spacial score (nSPS) is 10.7. The molecule has 0 N–H and O–H groups in total. The van der Waals surface area contributed by atoms with E-state index in [-0.39, 0.29) is 5.75 Å². The second kappa shape index (κ2) is 10.2. The highest BCUT2D eigenvalue weighted by molar-refractivity contribution is 7.99. The topological polar surface area (TPSA) is 74.1 Å². The molecule has 0 bridgehead atoms. The van der Waals surface area contributed by atoms with Crippen molar-refractivity contribution >= 4 is 23.5 Å². The van der Waals surface area contributed by atoms with Crippen LogP contribution in [0.15, 0.2) is 84.0 Å². The van der Waals surface area contributed by atoms with Crippen LogP contribution in [0.3, 0.4) is 0 Å². The lowest BCUT2D eigenvalue weighted by atomic mass is 10.1. The molecule has 33 heavy (non-hydrogen) atoms. The SMILES string of the molecule is O=C(CSc1nnc(-c2ccccc2)n1-c1ccccc1)OCC(=O)c1cc(F)ccc1F. The largest absolute Gasteiger partial charge is 0.457 e. The monoisotopic (exact) mass is 465 g/mol. The second-order valence-electron chi connectivity index (χ2n) is 6.84. The summed E-state index contributed by atoms with van der Waals surface area (Å²) < 4.78 is 33.8. The molecule has 1 heterocycles. The van der Waals surface area contributed by atoms with Crippen LogP contribution in [0.2, 0.25) is 0 Å². The van der Waals surface area contributed by atoms with Crippen LogP contribution in [0.1, 0.15) is 10.4 Å². The minimum absolute atomic E-state index is 0.154. The Hall–Kier alpha value is -3.85. The van der Waals surface area contributed by atoms with Crippen molar-refractivity contribution in [2.24, 2.45) is 0 Å². The smallest absolute Gasteiger partial charge is 0.316 e. The molecule has 4 aromatic rings. The molecule has 0 aliphatic heterocycles. The molecule has 0 amide bonds. The number of esters is 1. The lowest BCUT2D eigenvalue weighted by Gasteiger charge is -2.10. The number of nitrogens with zero attached hydrogens (tertiary/aromatic N) is 3. The first-order valence-corrected chi connectivity index (χ1v) is 10.8. The minimum Gasteiger partial charge on any atom is -0.457 e. The Balaban J connectivity index is 1.46. The molecular formula is C24H17F2N3O3S. The van der Waals surface area contributed by atoms with Gasteiger partial charge < -0.3 is 4.74 Å². The lowest BCUT2D eigenvalue weighted by molar-refractivity contribution is -0.139. The summed E-state index contributed by atoms with van der Waals surface area (Å²) in [5, 5.41) is 8.95. The van der Waals surface area contributed by atoms with Crippen molar-refractivity contribution in [3.05, 3.63) is 96.1 Å². The van der Waals surface area contributed by atoms with Gasteiger partial charge in [-0.15, -0.1) is 10.2 Å². The summed E-state index contributed by atoms with van der Waals surface area (Å²) in [6.07, 6.45) is 0. The third-order valence-electron chi connectivity index (χ3n) is 4.59. The quantitative estimate of drug-likeness (QED) is 0.213. The molecule has 1 aromatic heterocycles. The van der Waals surface area contributed by atoms with Gasteiger partial charge in [-0.3, -0.25) is 14.2 Å². The van der Waals surface area contributed by atoms with Crippen molar-refractivity contribution in [3.8, 4) is 17.1 Å². The minimum atomic E-state index is -0.878. The highest BCUT2D eigenvalue weighted by Crippen LogP contribution is 2.27. The van der Waals surface area contributed by atoms with Crippen molar-refractivity contribution in [1.29, 1.82) is 0 Å². The van der Waals surface area contributed by atoms with E-state index in [2.05, 4.69) is 10.2 Å². The number of rotatable bonds is 8. The molecule has 0 aliphatic rings. The molecule has 0 radical (unpaired) electrons. The van der Waals surface area contributed by atoms with E-state index >= 15 is 0 Å². The number of ketones is 1. The summed E-state index contributed by atoms with van der Waals surface area (Å²) in [6, 6.07) is 21.4. The molecule has 0 fully saturated rings. The van der Waals surface area contributed by atoms with Crippen molar-refractivity contribution in [1.82, 2.24) is 14.8 Å². The van der Waals surface area contributed by atoms with Crippen LogP contribution in [0.25, 0.3) is 17.1 Å². The molecular weight excluding hydrogens is 448 g/mol. The van der Waals surface area contributed by atoms with Crippen molar-refractivity contribution in [2.75, 3.05) is 12.4 Å². The van der Waals surface area contributed by atoms with E-state index in [4.69, 9.17) is 4.74 Å². The maximum Gasteiger partial charge on any atom is 0.316 e. The number of ether oxygens (including phenoxy) is 1. The molecule has 6 nitrogen and oxygen atoms in total. The molecule has 0 atom stereocenters. The van der Waals surface area contributed by atoms with E-state index in [1.165, 1.54) is 0 Å². The first kappa shape index (κ1) is 22.3. The number of carbonyl (C=O) groups excluding carboxylic acids is 2. The zero-order valence-electron chi connectivity index (χ0n) is 17.2. The third kappa shape index (κ3) is 5.32. The summed E-state index contributed by atoms with van der Waals surface area (Å²) in [5.74, 6) is -2.71. The number of aromatic nitrogens is 3. The van der Waals surface area contributed by atoms with E-state index in [0.29, 0.717) is 11.0 Å². The fourth-order valence-corrected chi connectivity index (χ4v) is 3.80. The van der Waals surface area contributed by atoms with Crippen LogP contribution < -0.4 is 0 Å². The van der Waals surface area contributed by atoms with Gasteiger partial charge in [-0.1, -0.05) is 60.3 Å². The van der Waals surface area contributed by atoms with Crippen LogP contribution in [0.5, 0.6) is 0 Å². The van der Waals surface area contributed by atoms with E-state index in [0.717, 1.165) is 41.2 Å². The molecule has 4 rings (SSSR count). The number of para-hydroxylation sites is 1. The number of thioether (sulfide) groups is 1. The van der Waals surface area contributed by atoms with Crippen LogP contribution in [0, 0.1) is 11.6 Å². The molecule has 0 saturated carbocycles. The molecule has 0 saturated heterocycles. The lowest BCUT2D eigenvalue weighted by Crippen LogP contribution is -2.17. The molecule has 166 valence electrons. The summed E-state index contributed by atoms with van der Waals surface area (Å²) in [4.78, 5) is 24.3. The van der Waals surface area contributed by atoms with Gasteiger partial charge >= 0.3 is 5.97 Å². The van der Waals surface area contributed by atoms with Crippen molar-refractivity contribution < 1.29 is 23.1 Å². The summed E-state index contributed by atoms with van der Waals surface area (Å²) in [7, 11) is 0. The van der Waals surface area contributed by atoms with Gasteiger partial charge in [0.2, 0.25) is 5.78 Å². The Labute approximate surface area is 192 Å². The van der Waals surface area contributed by atoms with Gasteiger partial charge in [0.25, 0.3) is 0 Å². The van der Waals surface area contributed by atoms with Gasteiger partial charge in [-0.05, 0) is 30.3 Å². The van der Waals surface area contributed by atoms with Gasteiger partial charge in [0, 0.05) is 11.3 Å². The van der Waals surface area contributed by atoms with E-state index in [1.54, 1.807) is 0 Å². The molecule has 3 aromatic carbocycles. The Kier molecular flexibility index (Phi) is 6.89. The first-order valence-electron chi connectivity index (χ1n) is 9.86. The zero-order valence-corrected chi connectivity index (χ0v) is 18.0. The maximum atomic E-state index is 13.7. The Morgan fingerprint density at radius 1 is 0.909 bits per heavy atom. The summed E-state index contributed by atoms with van der Waals surface area (Å²) in [6.45, 7) is -0.694. The average molecular weight is 465 g/mol. The number of benzene rings is 3. The Morgan fingerprint density at radius 3 is 2.33 bits per heavy atom. The Bertz CT molecular complexity index is 1280. The van der Waals surface area contributed by atoms with Gasteiger partial charge in [0.05, 0.1) is 11.3 Å². The summed E-state index contributed by atoms with van der Waals surface area (Å²) >= 11 is 1.09. The molecule has 9 heteroatoms. The predicted octanol–water partition coefficient (Wildman–Crippen LogP) is 4.73. The highest BCUT2D eigenvalue weighted by atomic mass is 32.2. The predicted molar refractivity (Wildman–Crippen MR) is 119 cm³/mol. The number of carbonyl (C=O) groups is 2. The number of halogens is 2. The number of hydrogen-bond donors (Lipinski definition) is 0. The number of Topliss-reactive ketones (excluding diaryl/α,β-unsaturated/α-hetero) is 1. The zero-order chi connectivity index (χ0) is 23.2. The van der Waals surface area contributed by atoms with E-state index < -0.39 is 35.6 Å². The standard InChI is InChI=1S/C24H17F2N3O3S/c25-17-11-12-20(26)19(13-17)21(30)14-32-22(31)15-33-24-28-27-23(16-7-3-1-4-8-16)29(24)18-9-5-2-6-10-18/h1-13H,14-15H2. The highest BCUT2D eigenvalue weighted by Gasteiger charge is 2.19. The summed E-state index contributed by atoms with van der Waals surface area (Å²) in [5.41, 5.74) is 1.20. The van der Waals surface area contributed by atoms with Crippen molar-refractivity contribution in [3.63, 3.8) is 0 Å². The van der Waals surface area contributed by atoms with Gasteiger partial charge in [0.15, 0.2) is 17.6 Å². The third-order valence-corrected chi connectivity index (χ3v) is 5.49. The van der Waals surface area contributed by atoms with Crippen LogP contribution in [-0.2, 0) is 9.53 Å². The average Bonchev–Trinajstić information content (AvgIpc) is 3.28. The van der Waals surface area contributed by atoms with Crippen LogP contribution in [0.4, 0.5) is 8.78 Å². The second-order valence-corrected chi connectivity index (χ2v) is 7.78. The fourth-order valence-electron chi connectivity index (χ4n) is 3.05. The van der Waals surface area contributed by atoms with Gasteiger partial charge in [-0.2, -0.15) is 0 Å². The van der Waals surface area contributed by atoms with E-state index in [1.807, 2.05) is 65.2 Å². The first-order chi connectivity index (χ1) is 16.0. The fraction of sp³-hybridized carbons (Fsp3) is 0.0833. The molecule has 0 spiro atoms. The maximum absolute atomic E-state index is 13.7.